The van der Waals surface area contributed by atoms with Crippen molar-refractivity contribution < 1.29 is 18.4 Å². The molecule has 0 aliphatic heterocycles. The first-order valence-electron chi connectivity index (χ1n) is 9.80. The third-order valence-corrected chi connectivity index (χ3v) is 5.08. The maximum absolute atomic E-state index is 14.7. The van der Waals surface area contributed by atoms with Gasteiger partial charge in [-0.2, -0.15) is 0 Å². The normalized spacial score (nSPS) is 12.4. The molecule has 1 amide bonds. The monoisotopic (exact) mass is 436 g/mol. The molecule has 0 N–H and O–H groups in total. The SMILES string of the molecule is COc1cnc(/C=C\N(C=O)C(C)c2nnc3c(F)cc(-c4cc(C)no4)cn23)c(C)c1. The van der Waals surface area contributed by atoms with E-state index in [2.05, 4.69) is 20.3 Å². The summed E-state index contributed by atoms with van der Waals surface area (Å²) in [4.78, 5) is 17.6. The fraction of sp³-hybridized carbons (Fsp3) is 0.227. The topological polar surface area (TPSA) is 98.7 Å². The zero-order valence-corrected chi connectivity index (χ0v) is 18.0. The highest BCUT2D eigenvalue weighted by molar-refractivity contribution is 5.61. The van der Waals surface area contributed by atoms with Crippen LogP contribution in [0.2, 0.25) is 0 Å². The van der Waals surface area contributed by atoms with Gasteiger partial charge in [-0.1, -0.05) is 5.16 Å². The second kappa shape index (κ2) is 8.58. The molecule has 0 saturated heterocycles. The summed E-state index contributed by atoms with van der Waals surface area (Å²) in [7, 11) is 1.57. The third kappa shape index (κ3) is 3.94. The molecule has 4 aromatic heterocycles. The molecular formula is C22H21FN6O3. The number of aryl methyl sites for hydroxylation is 2. The fourth-order valence-corrected chi connectivity index (χ4v) is 3.28. The zero-order chi connectivity index (χ0) is 22.8. The first kappa shape index (κ1) is 21.2. The summed E-state index contributed by atoms with van der Waals surface area (Å²) in [5.41, 5.74) is 2.79. The molecule has 0 radical (unpaired) electrons. The molecule has 32 heavy (non-hydrogen) atoms. The van der Waals surface area contributed by atoms with Crippen LogP contribution in [0.15, 0.2) is 41.3 Å². The van der Waals surface area contributed by atoms with Gasteiger partial charge in [-0.25, -0.2) is 4.39 Å². The minimum Gasteiger partial charge on any atom is -0.495 e. The lowest BCUT2D eigenvalue weighted by Gasteiger charge is -2.20. The molecule has 0 bridgehead atoms. The van der Waals surface area contributed by atoms with Crippen molar-refractivity contribution in [3.63, 3.8) is 0 Å². The van der Waals surface area contributed by atoms with Crippen LogP contribution in [0.1, 0.15) is 35.7 Å². The molecule has 0 aromatic carbocycles. The summed E-state index contributed by atoms with van der Waals surface area (Å²) in [6.07, 6.45) is 7.24. The predicted octanol–water partition coefficient (Wildman–Crippen LogP) is 3.73. The number of carbonyl (C=O) groups excluding carboxylic acids is 1. The highest BCUT2D eigenvalue weighted by Gasteiger charge is 2.21. The predicted molar refractivity (Wildman–Crippen MR) is 114 cm³/mol. The van der Waals surface area contributed by atoms with Crippen LogP contribution in [-0.2, 0) is 4.79 Å². The van der Waals surface area contributed by atoms with Gasteiger partial charge in [-0.05, 0) is 44.5 Å². The van der Waals surface area contributed by atoms with Crippen LogP contribution in [-0.4, -0.2) is 43.2 Å². The number of methoxy groups -OCH3 is 1. The van der Waals surface area contributed by atoms with Crippen LogP contribution in [0, 0.1) is 19.7 Å². The lowest BCUT2D eigenvalue weighted by Crippen LogP contribution is -2.21. The Morgan fingerprint density at radius 2 is 2.06 bits per heavy atom. The number of aromatic nitrogens is 5. The van der Waals surface area contributed by atoms with Gasteiger partial charge >= 0.3 is 0 Å². The van der Waals surface area contributed by atoms with Crippen LogP contribution in [0.3, 0.4) is 0 Å². The standard InChI is InChI=1S/C22H21FN6O3/c1-13-7-17(31-4)10-24-19(13)5-6-28(12-30)15(3)21-25-26-22-18(23)9-16(11-29(21)22)20-8-14(2)27-32-20/h5-12,15H,1-4H3/b6-5-. The largest absolute Gasteiger partial charge is 0.495 e. The van der Waals surface area contributed by atoms with E-state index in [0.717, 1.165) is 5.56 Å². The number of rotatable bonds is 7. The Labute approximate surface area is 183 Å². The molecule has 4 rings (SSSR count). The summed E-state index contributed by atoms with van der Waals surface area (Å²) in [6, 6.07) is 4.33. The smallest absolute Gasteiger partial charge is 0.214 e. The number of hydrogen-bond donors (Lipinski definition) is 0. The summed E-state index contributed by atoms with van der Waals surface area (Å²) in [5.74, 6) is 0.890. The lowest BCUT2D eigenvalue weighted by molar-refractivity contribution is -0.117. The minimum atomic E-state index is -0.561. The quantitative estimate of drug-likeness (QED) is 0.407. The van der Waals surface area contributed by atoms with E-state index in [1.165, 1.54) is 15.4 Å². The Morgan fingerprint density at radius 3 is 2.72 bits per heavy atom. The average Bonchev–Trinajstić information content (AvgIpc) is 3.41. The number of carbonyl (C=O) groups is 1. The third-order valence-electron chi connectivity index (χ3n) is 5.08. The molecule has 0 saturated carbocycles. The summed E-state index contributed by atoms with van der Waals surface area (Å²) in [5, 5.41) is 11.9. The van der Waals surface area contributed by atoms with Crippen LogP contribution in [0.4, 0.5) is 4.39 Å². The van der Waals surface area contributed by atoms with Gasteiger partial charge in [0.2, 0.25) is 6.41 Å². The van der Waals surface area contributed by atoms with Crippen molar-refractivity contribution in [2.75, 3.05) is 7.11 Å². The molecule has 0 fully saturated rings. The van der Waals surface area contributed by atoms with Crippen LogP contribution < -0.4 is 4.74 Å². The van der Waals surface area contributed by atoms with E-state index in [1.54, 1.807) is 51.7 Å². The lowest BCUT2D eigenvalue weighted by atomic mass is 10.2. The average molecular weight is 436 g/mol. The number of pyridine rings is 2. The van der Waals surface area contributed by atoms with Crippen LogP contribution in [0.25, 0.3) is 23.0 Å². The molecule has 0 aliphatic carbocycles. The first-order chi connectivity index (χ1) is 15.4. The number of halogens is 1. The molecule has 4 aromatic rings. The van der Waals surface area contributed by atoms with E-state index in [0.29, 0.717) is 40.7 Å². The van der Waals surface area contributed by atoms with E-state index in [1.807, 2.05) is 13.0 Å². The highest BCUT2D eigenvalue weighted by Crippen LogP contribution is 2.26. The van der Waals surface area contributed by atoms with E-state index >= 15 is 0 Å². The number of fused-ring (bicyclic) bond motifs is 1. The Balaban J connectivity index is 1.68. The Kier molecular flexibility index (Phi) is 5.67. The molecular weight excluding hydrogens is 415 g/mol. The van der Waals surface area contributed by atoms with Gasteiger partial charge in [0.1, 0.15) is 5.75 Å². The van der Waals surface area contributed by atoms with E-state index in [4.69, 9.17) is 9.26 Å². The van der Waals surface area contributed by atoms with E-state index in [9.17, 15) is 9.18 Å². The maximum atomic E-state index is 14.7. The summed E-state index contributed by atoms with van der Waals surface area (Å²) < 4.78 is 26.6. The summed E-state index contributed by atoms with van der Waals surface area (Å²) in [6.45, 7) is 5.44. The van der Waals surface area contributed by atoms with Gasteiger partial charge in [0.05, 0.1) is 30.7 Å². The molecule has 9 nitrogen and oxygen atoms in total. The van der Waals surface area contributed by atoms with Gasteiger partial charge in [-0.3, -0.25) is 14.2 Å². The van der Waals surface area contributed by atoms with Gasteiger partial charge in [0.25, 0.3) is 0 Å². The second-order valence-corrected chi connectivity index (χ2v) is 7.28. The van der Waals surface area contributed by atoms with E-state index in [-0.39, 0.29) is 5.65 Å². The van der Waals surface area contributed by atoms with Crippen molar-refractivity contribution in [3.05, 3.63) is 65.4 Å². The van der Waals surface area contributed by atoms with Gasteiger partial charge in [0, 0.05) is 24.0 Å². The summed E-state index contributed by atoms with van der Waals surface area (Å²) >= 11 is 0. The fourth-order valence-electron chi connectivity index (χ4n) is 3.28. The van der Waals surface area contributed by atoms with Gasteiger partial charge < -0.3 is 14.2 Å². The Hall–Kier alpha value is -4.08. The van der Waals surface area contributed by atoms with Crippen molar-refractivity contribution in [3.8, 4) is 17.1 Å². The van der Waals surface area contributed by atoms with Gasteiger partial charge in [0.15, 0.2) is 23.0 Å². The molecule has 0 spiro atoms. The highest BCUT2D eigenvalue weighted by atomic mass is 19.1. The Morgan fingerprint density at radius 1 is 1.25 bits per heavy atom. The van der Waals surface area contributed by atoms with E-state index < -0.39 is 11.9 Å². The molecule has 1 unspecified atom stereocenters. The van der Waals surface area contributed by atoms with Gasteiger partial charge in [-0.15, -0.1) is 10.2 Å². The number of ether oxygens (including phenoxy) is 1. The molecule has 10 heteroatoms. The number of nitrogens with zero attached hydrogens (tertiary/aromatic N) is 6. The zero-order valence-electron chi connectivity index (χ0n) is 18.0. The number of amides is 1. The second-order valence-electron chi connectivity index (χ2n) is 7.28. The number of hydrogen-bond acceptors (Lipinski definition) is 7. The van der Waals surface area contributed by atoms with Crippen molar-refractivity contribution >= 4 is 18.1 Å². The van der Waals surface area contributed by atoms with Crippen molar-refractivity contribution in [1.82, 2.24) is 29.6 Å². The van der Waals surface area contributed by atoms with Crippen LogP contribution in [0.5, 0.6) is 5.75 Å². The molecule has 1 atom stereocenters. The maximum Gasteiger partial charge on any atom is 0.214 e. The van der Waals surface area contributed by atoms with Crippen molar-refractivity contribution in [2.45, 2.75) is 26.8 Å². The molecule has 164 valence electrons. The van der Waals surface area contributed by atoms with Crippen LogP contribution >= 0.6 is 0 Å². The molecule has 4 heterocycles. The first-order valence-corrected chi connectivity index (χ1v) is 9.80. The molecule has 0 aliphatic rings. The van der Waals surface area contributed by atoms with Crippen molar-refractivity contribution in [1.29, 1.82) is 0 Å². The Bertz CT molecular complexity index is 1310. The minimum absolute atomic E-state index is 0.0503. The van der Waals surface area contributed by atoms with Crippen molar-refractivity contribution in [2.24, 2.45) is 0 Å².